The Bertz CT molecular complexity index is 841. The van der Waals surface area contributed by atoms with Gasteiger partial charge in [-0.25, -0.2) is 4.39 Å². The van der Waals surface area contributed by atoms with Gasteiger partial charge in [-0.3, -0.25) is 9.20 Å². The monoisotopic (exact) mass is 312 g/mol. The predicted octanol–water partition coefficient (Wildman–Crippen LogP) is 3.06. The number of fused-ring (bicyclic) bond motifs is 1. The number of pyridine rings is 1. The highest BCUT2D eigenvalue weighted by molar-refractivity contribution is 5.95. The summed E-state index contributed by atoms with van der Waals surface area (Å²) in [7, 11) is 0. The van der Waals surface area contributed by atoms with Crippen LogP contribution < -0.4 is 5.32 Å². The van der Waals surface area contributed by atoms with Crippen molar-refractivity contribution in [2.75, 3.05) is 0 Å². The number of carbonyl (C=O) groups is 1. The SMILES string of the molecule is CC[C@H](C)NC(=O)c1ccn2c(-c3ccc(F)cc3)nnc2c1. The molecule has 0 unspecified atom stereocenters. The van der Waals surface area contributed by atoms with Crippen molar-refractivity contribution in [3.05, 3.63) is 54.0 Å². The van der Waals surface area contributed by atoms with Crippen LogP contribution >= 0.6 is 0 Å². The van der Waals surface area contributed by atoms with Gasteiger partial charge in [0, 0.05) is 23.4 Å². The number of carbonyl (C=O) groups excluding carboxylic acids is 1. The van der Waals surface area contributed by atoms with E-state index < -0.39 is 0 Å². The molecule has 0 aliphatic carbocycles. The topological polar surface area (TPSA) is 59.3 Å². The van der Waals surface area contributed by atoms with Crippen LogP contribution in [0.15, 0.2) is 42.6 Å². The number of amides is 1. The lowest BCUT2D eigenvalue weighted by molar-refractivity contribution is 0.0939. The third kappa shape index (κ3) is 3.06. The van der Waals surface area contributed by atoms with Crippen molar-refractivity contribution in [1.82, 2.24) is 19.9 Å². The van der Waals surface area contributed by atoms with Crippen LogP contribution in [0.1, 0.15) is 30.6 Å². The molecule has 3 rings (SSSR count). The molecule has 5 nitrogen and oxygen atoms in total. The second-order valence-corrected chi connectivity index (χ2v) is 5.46. The first-order valence-electron chi connectivity index (χ1n) is 7.50. The van der Waals surface area contributed by atoms with E-state index in [4.69, 9.17) is 0 Å². The molecular weight excluding hydrogens is 295 g/mol. The van der Waals surface area contributed by atoms with Gasteiger partial charge in [0.05, 0.1) is 0 Å². The molecule has 3 aromatic rings. The molecule has 2 aromatic heterocycles. The molecule has 0 aliphatic heterocycles. The zero-order valence-electron chi connectivity index (χ0n) is 13.0. The lowest BCUT2D eigenvalue weighted by atomic mass is 10.2. The van der Waals surface area contributed by atoms with E-state index in [-0.39, 0.29) is 17.8 Å². The molecule has 1 aromatic carbocycles. The van der Waals surface area contributed by atoms with Gasteiger partial charge in [0.2, 0.25) is 0 Å². The number of aromatic nitrogens is 3. The summed E-state index contributed by atoms with van der Waals surface area (Å²) in [5.41, 5.74) is 1.87. The normalized spacial score (nSPS) is 12.3. The van der Waals surface area contributed by atoms with Crippen LogP contribution in [0.5, 0.6) is 0 Å². The first-order chi connectivity index (χ1) is 11.1. The van der Waals surface area contributed by atoms with E-state index in [0.29, 0.717) is 17.0 Å². The van der Waals surface area contributed by atoms with Crippen LogP contribution in [0.3, 0.4) is 0 Å². The summed E-state index contributed by atoms with van der Waals surface area (Å²) in [6.45, 7) is 3.97. The number of nitrogens with one attached hydrogen (secondary N) is 1. The molecule has 1 atom stereocenters. The smallest absolute Gasteiger partial charge is 0.251 e. The van der Waals surface area contributed by atoms with Gasteiger partial charge in [-0.2, -0.15) is 0 Å². The van der Waals surface area contributed by atoms with E-state index in [0.717, 1.165) is 12.0 Å². The molecule has 6 heteroatoms. The zero-order chi connectivity index (χ0) is 16.4. The van der Waals surface area contributed by atoms with Gasteiger partial charge in [0.15, 0.2) is 11.5 Å². The Hall–Kier alpha value is -2.76. The van der Waals surface area contributed by atoms with E-state index in [9.17, 15) is 9.18 Å². The van der Waals surface area contributed by atoms with Gasteiger partial charge in [0.1, 0.15) is 5.82 Å². The lowest BCUT2D eigenvalue weighted by Gasteiger charge is -2.11. The van der Waals surface area contributed by atoms with Gasteiger partial charge in [-0.05, 0) is 49.7 Å². The van der Waals surface area contributed by atoms with E-state index in [2.05, 4.69) is 15.5 Å². The Morgan fingerprint density at radius 1 is 1.26 bits per heavy atom. The van der Waals surface area contributed by atoms with Crippen LogP contribution in [-0.2, 0) is 0 Å². The first kappa shape index (κ1) is 15.1. The fourth-order valence-electron chi connectivity index (χ4n) is 2.24. The number of hydrogen-bond acceptors (Lipinski definition) is 3. The van der Waals surface area contributed by atoms with Gasteiger partial charge >= 0.3 is 0 Å². The Morgan fingerprint density at radius 3 is 2.70 bits per heavy atom. The molecule has 0 saturated carbocycles. The molecule has 1 N–H and O–H groups in total. The maximum absolute atomic E-state index is 13.0. The van der Waals surface area contributed by atoms with Crippen LogP contribution in [0, 0.1) is 5.82 Å². The number of halogens is 1. The van der Waals surface area contributed by atoms with E-state index in [1.807, 2.05) is 13.8 Å². The van der Waals surface area contributed by atoms with Crippen LogP contribution in [0.4, 0.5) is 4.39 Å². The van der Waals surface area contributed by atoms with Crippen molar-refractivity contribution < 1.29 is 9.18 Å². The molecule has 0 fully saturated rings. The molecule has 23 heavy (non-hydrogen) atoms. The maximum atomic E-state index is 13.0. The molecular formula is C17H17FN4O. The summed E-state index contributed by atoms with van der Waals surface area (Å²) < 4.78 is 14.8. The Kier molecular flexibility index (Phi) is 4.06. The van der Waals surface area contributed by atoms with Crippen LogP contribution in [-0.4, -0.2) is 26.5 Å². The Labute approximate surface area is 133 Å². The van der Waals surface area contributed by atoms with Gasteiger partial charge in [-0.15, -0.1) is 10.2 Å². The fourth-order valence-corrected chi connectivity index (χ4v) is 2.24. The minimum absolute atomic E-state index is 0.117. The molecule has 0 spiro atoms. The van der Waals surface area contributed by atoms with E-state index >= 15 is 0 Å². The van der Waals surface area contributed by atoms with Crippen molar-refractivity contribution in [2.45, 2.75) is 26.3 Å². The minimum Gasteiger partial charge on any atom is -0.350 e. The standard InChI is InChI=1S/C17H17FN4O/c1-3-11(2)19-17(23)13-8-9-22-15(10-13)20-21-16(22)12-4-6-14(18)7-5-12/h4-11H,3H2,1-2H3,(H,19,23)/t11-/m0/s1. The summed E-state index contributed by atoms with van der Waals surface area (Å²) in [4.78, 5) is 12.2. The lowest BCUT2D eigenvalue weighted by Crippen LogP contribution is -2.31. The summed E-state index contributed by atoms with van der Waals surface area (Å²) in [5, 5.41) is 11.1. The van der Waals surface area contributed by atoms with Crippen molar-refractivity contribution in [1.29, 1.82) is 0 Å². The highest BCUT2D eigenvalue weighted by Gasteiger charge is 2.13. The van der Waals surface area contributed by atoms with Gasteiger partial charge in [0.25, 0.3) is 5.91 Å². The fraction of sp³-hybridized carbons (Fsp3) is 0.235. The third-order valence-corrected chi connectivity index (χ3v) is 3.76. The summed E-state index contributed by atoms with van der Waals surface area (Å²) in [5.74, 6) is 0.175. The first-order valence-corrected chi connectivity index (χ1v) is 7.50. The average Bonchev–Trinajstić information content (AvgIpc) is 2.98. The molecule has 0 radical (unpaired) electrons. The Balaban J connectivity index is 1.94. The van der Waals surface area contributed by atoms with Crippen LogP contribution in [0.25, 0.3) is 17.0 Å². The summed E-state index contributed by atoms with van der Waals surface area (Å²) in [6, 6.07) is 9.59. The Morgan fingerprint density at radius 2 is 2.00 bits per heavy atom. The number of nitrogens with zero attached hydrogens (tertiary/aromatic N) is 3. The number of hydrogen-bond donors (Lipinski definition) is 1. The second kappa shape index (κ2) is 6.16. The van der Waals surface area contributed by atoms with Crippen LogP contribution in [0.2, 0.25) is 0 Å². The average molecular weight is 312 g/mol. The third-order valence-electron chi connectivity index (χ3n) is 3.76. The second-order valence-electron chi connectivity index (χ2n) is 5.46. The highest BCUT2D eigenvalue weighted by Crippen LogP contribution is 2.19. The van der Waals surface area contributed by atoms with Crippen molar-refractivity contribution in [3.63, 3.8) is 0 Å². The number of rotatable bonds is 4. The molecule has 118 valence electrons. The minimum atomic E-state index is -0.299. The zero-order valence-corrected chi connectivity index (χ0v) is 13.0. The summed E-state index contributed by atoms with van der Waals surface area (Å²) in [6.07, 6.45) is 2.62. The van der Waals surface area contributed by atoms with Crippen molar-refractivity contribution in [2.24, 2.45) is 0 Å². The molecule has 1 amide bonds. The molecule has 0 saturated heterocycles. The van der Waals surface area contributed by atoms with E-state index in [1.165, 1.54) is 12.1 Å². The van der Waals surface area contributed by atoms with Crippen molar-refractivity contribution >= 4 is 11.6 Å². The van der Waals surface area contributed by atoms with Crippen molar-refractivity contribution in [3.8, 4) is 11.4 Å². The largest absolute Gasteiger partial charge is 0.350 e. The number of benzene rings is 1. The highest BCUT2D eigenvalue weighted by atomic mass is 19.1. The molecule has 0 aliphatic rings. The van der Waals surface area contributed by atoms with E-state index in [1.54, 1.807) is 34.9 Å². The quantitative estimate of drug-likeness (QED) is 0.805. The predicted molar refractivity (Wildman–Crippen MR) is 85.6 cm³/mol. The maximum Gasteiger partial charge on any atom is 0.251 e. The molecule has 0 bridgehead atoms. The van der Waals surface area contributed by atoms with Gasteiger partial charge in [-0.1, -0.05) is 6.92 Å². The molecule has 2 heterocycles. The van der Waals surface area contributed by atoms with Gasteiger partial charge < -0.3 is 5.32 Å². The summed E-state index contributed by atoms with van der Waals surface area (Å²) >= 11 is 0.